The lowest BCUT2D eigenvalue weighted by molar-refractivity contribution is 1.10. The summed E-state index contributed by atoms with van der Waals surface area (Å²) in [6, 6.07) is 4.50. The molecule has 0 spiro atoms. The fourth-order valence-corrected chi connectivity index (χ4v) is 1.56. The molecule has 0 heteroatoms. The van der Waals surface area contributed by atoms with Gasteiger partial charge in [0.25, 0.3) is 0 Å². The maximum Gasteiger partial charge on any atom is -0.000913 e. The number of hydrogen-bond donors (Lipinski definition) is 0. The van der Waals surface area contributed by atoms with Crippen molar-refractivity contribution < 1.29 is 0 Å². The van der Waals surface area contributed by atoms with Crippen LogP contribution < -0.4 is 0 Å². The maximum atomic E-state index is 2.26. The van der Waals surface area contributed by atoms with E-state index in [4.69, 9.17) is 0 Å². The van der Waals surface area contributed by atoms with Gasteiger partial charge < -0.3 is 0 Å². The van der Waals surface area contributed by atoms with E-state index < -0.39 is 0 Å². The first-order valence-corrected chi connectivity index (χ1v) is 4.40. The molecule has 0 aliphatic rings. The molecule has 0 atom stereocenters. The molecule has 0 unspecified atom stereocenters. The van der Waals surface area contributed by atoms with Crippen molar-refractivity contribution >= 4 is 0 Å². The van der Waals surface area contributed by atoms with Gasteiger partial charge >= 0.3 is 0 Å². The van der Waals surface area contributed by atoms with E-state index in [0.29, 0.717) is 0 Å². The predicted molar refractivity (Wildman–Crippen MR) is 54.3 cm³/mol. The van der Waals surface area contributed by atoms with Gasteiger partial charge in [-0.05, 0) is 43.4 Å². The van der Waals surface area contributed by atoms with Crippen LogP contribution in [0.25, 0.3) is 0 Å². The Morgan fingerprint density at radius 3 is 2.08 bits per heavy atom. The van der Waals surface area contributed by atoms with Gasteiger partial charge in [0.1, 0.15) is 0 Å². The van der Waals surface area contributed by atoms with Crippen LogP contribution in [-0.4, -0.2) is 0 Å². The van der Waals surface area contributed by atoms with Crippen LogP contribution in [0.15, 0.2) is 12.1 Å². The van der Waals surface area contributed by atoms with Crippen LogP contribution in [0.5, 0.6) is 0 Å². The molecule has 65 valence electrons. The Balaban J connectivity index is 3.28. The first-order valence-electron chi connectivity index (χ1n) is 4.40. The fourth-order valence-electron chi connectivity index (χ4n) is 1.56. The van der Waals surface area contributed by atoms with Crippen LogP contribution in [-0.2, 0) is 0 Å². The van der Waals surface area contributed by atoms with E-state index in [2.05, 4.69) is 46.8 Å². The van der Waals surface area contributed by atoms with Crippen LogP contribution in [0.2, 0.25) is 0 Å². The highest BCUT2D eigenvalue weighted by Gasteiger charge is 2.05. The molecule has 0 saturated heterocycles. The van der Waals surface area contributed by atoms with Gasteiger partial charge in [0.15, 0.2) is 0 Å². The largest absolute Gasteiger partial charge is 0.0561 e. The molecular weight excluding hydrogens is 144 g/mol. The molecule has 1 aromatic carbocycles. The van der Waals surface area contributed by atoms with Crippen molar-refractivity contribution in [2.45, 2.75) is 34.6 Å². The predicted octanol–water partition coefficient (Wildman–Crippen LogP) is 3.57. The van der Waals surface area contributed by atoms with E-state index in [0.717, 1.165) is 0 Å². The zero-order chi connectivity index (χ0) is 9.30. The van der Waals surface area contributed by atoms with Crippen molar-refractivity contribution in [3.05, 3.63) is 40.3 Å². The molecule has 1 aromatic rings. The second kappa shape index (κ2) is 3.30. The third-order valence-corrected chi connectivity index (χ3v) is 2.35. The van der Waals surface area contributed by atoms with Gasteiger partial charge in [0, 0.05) is 0 Å². The maximum absolute atomic E-state index is 2.26. The van der Waals surface area contributed by atoms with Gasteiger partial charge in [-0.25, -0.2) is 0 Å². The molecule has 1 radical (unpaired) electrons. The Morgan fingerprint density at radius 1 is 1.00 bits per heavy atom. The fraction of sp³-hybridized carbons (Fsp3) is 0.417. The van der Waals surface area contributed by atoms with Gasteiger partial charge in [-0.1, -0.05) is 31.5 Å². The van der Waals surface area contributed by atoms with Crippen molar-refractivity contribution in [1.82, 2.24) is 0 Å². The third-order valence-electron chi connectivity index (χ3n) is 2.35. The second-order valence-electron chi connectivity index (χ2n) is 3.75. The molecule has 0 aliphatic carbocycles. The van der Waals surface area contributed by atoms with Gasteiger partial charge in [-0.3, -0.25) is 0 Å². The second-order valence-corrected chi connectivity index (χ2v) is 3.75. The molecule has 0 N–H and O–H groups in total. The molecule has 0 fully saturated rings. The van der Waals surface area contributed by atoms with E-state index in [-0.39, 0.29) is 0 Å². The molecule has 0 heterocycles. The quantitative estimate of drug-likeness (QED) is 0.590. The van der Waals surface area contributed by atoms with E-state index >= 15 is 0 Å². The summed E-state index contributed by atoms with van der Waals surface area (Å²) in [6.07, 6.45) is 0. The zero-order valence-corrected chi connectivity index (χ0v) is 8.65. The Morgan fingerprint density at radius 2 is 1.58 bits per heavy atom. The summed E-state index contributed by atoms with van der Waals surface area (Å²) in [5, 5.41) is 0. The molecule has 1 rings (SSSR count). The van der Waals surface area contributed by atoms with Crippen LogP contribution in [0.4, 0.5) is 0 Å². The first kappa shape index (κ1) is 9.31. The molecule has 0 saturated carbocycles. The van der Waals surface area contributed by atoms with Gasteiger partial charge in [-0.15, -0.1) is 0 Å². The van der Waals surface area contributed by atoms with E-state index in [1.807, 2.05) is 0 Å². The van der Waals surface area contributed by atoms with Gasteiger partial charge in [0.2, 0.25) is 0 Å². The third kappa shape index (κ3) is 1.69. The summed E-state index contributed by atoms with van der Waals surface area (Å²) < 4.78 is 0. The highest BCUT2D eigenvalue weighted by Crippen LogP contribution is 2.22. The molecule has 0 bridgehead atoms. The van der Waals surface area contributed by atoms with Gasteiger partial charge in [0.05, 0.1) is 0 Å². The summed E-state index contributed by atoms with van der Waals surface area (Å²) in [5.41, 5.74) is 5.58. The average molecular weight is 161 g/mol. The van der Waals surface area contributed by atoms with E-state index in [1.165, 1.54) is 28.2 Å². The monoisotopic (exact) mass is 161 g/mol. The summed E-state index contributed by atoms with van der Waals surface area (Å²) in [4.78, 5) is 0. The summed E-state index contributed by atoms with van der Waals surface area (Å²) in [7, 11) is 0. The SMILES string of the molecule is C[C](C)c1cc(C)cc(C)c1C. The number of rotatable bonds is 1. The van der Waals surface area contributed by atoms with Crippen molar-refractivity contribution in [2.24, 2.45) is 0 Å². The Hall–Kier alpha value is -0.780. The lowest BCUT2D eigenvalue weighted by Crippen LogP contribution is -1.96. The summed E-state index contributed by atoms with van der Waals surface area (Å²) in [5.74, 6) is 1.40. The highest BCUT2D eigenvalue weighted by atomic mass is 14.1. The summed E-state index contributed by atoms with van der Waals surface area (Å²) >= 11 is 0. The van der Waals surface area contributed by atoms with Crippen molar-refractivity contribution in [3.63, 3.8) is 0 Å². The minimum atomic E-state index is 1.36. The van der Waals surface area contributed by atoms with Crippen LogP contribution in [0, 0.1) is 26.7 Å². The molecule has 0 aliphatic heterocycles. The minimum Gasteiger partial charge on any atom is -0.0561 e. The number of aryl methyl sites for hydroxylation is 2. The number of hydrogen-bond acceptors (Lipinski definition) is 0. The van der Waals surface area contributed by atoms with Crippen molar-refractivity contribution in [1.29, 1.82) is 0 Å². The minimum absolute atomic E-state index is 1.36. The first-order chi connectivity index (χ1) is 5.52. The van der Waals surface area contributed by atoms with Crippen molar-refractivity contribution in [2.75, 3.05) is 0 Å². The van der Waals surface area contributed by atoms with Gasteiger partial charge in [-0.2, -0.15) is 0 Å². The standard InChI is InChI=1S/C12H17/c1-8(2)12-7-9(3)6-10(4)11(12)5/h6-7H,1-5H3. The number of benzene rings is 1. The molecular formula is C12H17. The molecule has 0 amide bonds. The summed E-state index contributed by atoms with van der Waals surface area (Å²) in [6.45, 7) is 10.9. The highest BCUT2D eigenvalue weighted by molar-refractivity contribution is 5.43. The Bertz CT molecular complexity index is 282. The zero-order valence-electron chi connectivity index (χ0n) is 8.65. The Kier molecular flexibility index (Phi) is 2.56. The van der Waals surface area contributed by atoms with Crippen LogP contribution >= 0.6 is 0 Å². The lowest BCUT2D eigenvalue weighted by atomic mass is 9.93. The molecule has 12 heavy (non-hydrogen) atoms. The van der Waals surface area contributed by atoms with Crippen molar-refractivity contribution in [3.8, 4) is 0 Å². The van der Waals surface area contributed by atoms with Crippen LogP contribution in [0.1, 0.15) is 36.1 Å². The molecule has 0 nitrogen and oxygen atoms in total. The Labute approximate surface area is 75.6 Å². The van der Waals surface area contributed by atoms with E-state index in [9.17, 15) is 0 Å². The smallest absolute Gasteiger partial charge is 0.000913 e. The molecule has 0 aromatic heterocycles. The topological polar surface area (TPSA) is 0 Å². The van der Waals surface area contributed by atoms with E-state index in [1.54, 1.807) is 0 Å². The lowest BCUT2D eigenvalue weighted by Gasteiger charge is -2.12. The normalized spacial score (nSPS) is 10.8. The van der Waals surface area contributed by atoms with Crippen LogP contribution in [0.3, 0.4) is 0 Å². The average Bonchev–Trinajstić information content (AvgIpc) is 1.96.